The Morgan fingerprint density at radius 3 is 2.94 bits per heavy atom. The predicted octanol–water partition coefficient (Wildman–Crippen LogP) is 4.61. The standard InChI is InChI=1S/C15H17ClOS/c1-15(2)8-10-18-14-6-4-11(3-5-12(14)15)13(16)7-9-17/h3-4,6-7,9H,5,8,10H2,1-2H3/b13-7+. The first-order valence-electron chi connectivity index (χ1n) is 6.10. The van der Waals surface area contributed by atoms with Crippen molar-refractivity contribution in [3.63, 3.8) is 0 Å². The van der Waals surface area contributed by atoms with Gasteiger partial charge in [0.25, 0.3) is 0 Å². The Balaban J connectivity index is 2.32. The molecule has 0 radical (unpaired) electrons. The zero-order valence-electron chi connectivity index (χ0n) is 10.7. The van der Waals surface area contributed by atoms with Gasteiger partial charge in [-0.3, -0.25) is 4.79 Å². The van der Waals surface area contributed by atoms with E-state index in [1.807, 2.05) is 17.8 Å². The molecule has 3 heteroatoms. The Morgan fingerprint density at radius 2 is 2.22 bits per heavy atom. The molecule has 0 aromatic carbocycles. The van der Waals surface area contributed by atoms with Gasteiger partial charge in [0.15, 0.2) is 0 Å². The minimum absolute atomic E-state index is 0.262. The van der Waals surface area contributed by atoms with Crippen LogP contribution in [0.1, 0.15) is 26.7 Å². The highest BCUT2D eigenvalue weighted by molar-refractivity contribution is 8.03. The number of allylic oxidation sites excluding steroid dienone is 7. The molecular formula is C15H17ClOS. The Morgan fingerprint density at radius 1 is 1.44 bits per heavy atom. The molecule has 2 rings (SSSR count). The van der Waals surface area contributed by atoms with E-state index in [1.165, 1.54) is 28.7 Å². The minimum Gasteiger partial charge on any atom is -0.299 e. The smallest absolute Gasteiger partial charge is 0.144 e. The van der Waals surface area contributed by atoms with E-state index in [0.29, 0.717) is 5.03 Å². The molecule has 0 aromatic rings. The van der Waals surface area contributed by atoms with Crippen molar-refractivity contribution < 1.29 is 4.79 Å². The van der Waals surface area contributed by atoms with Crippen molar-refractivity contribution in [1.82, 2.24) is 0 Å². The van der Waals surface area contributed by atoms with Crippen LogP contribution in [-0.4, -0.2) is 12.0 Å². The van der Waals surface area contributed by atoms with Crippen molar-refractivity contribution in [2.75, 3.05) is 5.75 Å². The summed E-state index contributed by atoms with van der Waals surface area (Å²) in [6, 6.07) is 0. The maximum Gasteiger partial charge on any atom is 0.144 e. The third kappa shape index (κ3) is 2.81. The van der Waals surface area contributed by atoms with Gasteiger partial charge < -0.3 is 0 Å². The van der Waals surface area contributed by atoms with Gasteiger partial charge in [0.2, 0.25) is 0 Å². The van der Waals surface area contributed by atoms with Crippen molar-refractivity contribution >= 4 is 29.6 Å². The summed E-state index contributed by atoms with van der Waals surface area (Å²) in [6.07, 6.45) is 10.5. The van der Waals surface area contributed by atoms with E-state index < -0.39 is 0 Å². The van der Waals surface area contributed by atoms with Crippen LogP contribution in [-0.2, 0) is 4.79 Å². The molecule has 96 valence electrons. The van der Waals surface area contributed by atoms with Crippen LogP contribution in [0.4, 0.5) is 0 Å². The molecule has 0 saturated heterocycles. The van der Waals surface area contributed by atoms with Crippen LogP contribution in [0.5, 0.6) is 0 Å². The maximum atomic E-state index is 10.5. The number of hydrogen-bond acceptors (Lipinski definition) is 2. The normalized spacial score (nSPS) is 23.3. The fourth-order valence-electron chi connectivity index (χ4n) is 2.29. The summed E-state index contributed by atoms with van der Waals surface area (Å²) in [7, 11) is 0. The first-order chi connectivity index (χ1) is 8.54. The van der Waals surface area contributed by atoms with E-state index >= 15 is 0 Å². The third-order valence-electron chi connectivity index (χ3n) is 3.53. The lowest BCUT2D eigenvalue weighted by molar-refractivity contribution is -0.104. The fourth-order valence-corrected chi connectivity index (χ4v) is 4.01. The lowest BCUT2D eigenvalue weighted by Gasteiger charge is -2.33. The molecule has 1 aliphatic carbocycles. The number of carbonyl (C=O) groups is 1. The Bertz CT molecular complexity index is 481. The Labute approximate surface area is 118 Å². The predicted molar refractivity (Wildman–Crippen MR) is 79.7 cm³/mol. The van der Waals surface area contributed by atoms with Gasteiger partial charge in [0.1, 0.15) is 6.29 Å². The average molecular weight is 281 g/mol. The van der Waals surface area contributed by atoms with Crippen LogP contribution in [0.25, 0.3) is 0 Å². The molecule has 0 amide bonds. The number of rotatable bonds is 2. The van der Waals surface area contributed by atoms with Gasteiger partial charge in [0, 0.05) is 4.91 Å². The van der Waals surface area contributed by atoms with Crippen molar-refractivity contribution in [2.45, 2.75) is 26.7 Å². The molecule has 0 atom stereocenters. The lowest BCUT2D eigenvalue weighted by atomic mass is 9.79. The molecule has 0 bridgehead atoms. The molecule has 0 unspecified atom stereocenters. The SMILES string of the molecule is CC1(C)CCSC2=C1CC=C(/C(Cl)=C\C=O)C=C2. The summed E-state index contributed by atoms with van der Waals surface area (Å²) in [5, 5.41) is 0.518. The number of aldehydes is 1. The molecule has 0 N–H and O–H groups in total. The molecule has 0 saturated carbocycles. The zero-order chi connectivity index (χ0) is 13.2. The minimum atomic E-state index is 0.262. The molecule has 1 heterocycles. The quantitative estimate of drug-likeness (QED) is 0.543. The van der Waals surface area contributed by atoms with Crippen LogP contribution in [0.15, 0.2) is 45.4 Å². The summed E-state index contributed by atoms with van der Waals surface area (Å²) in [5.41, 5.74) is 2.69. The van der Waals surface area contributed by atoms with E-state index in [0.717, 1.165) is 18.3 Å². The number of halogens is 1. The van der Waals surface area contributed by atoms with Gasteiger partial charge in [-0.1, -0.05) is 37.6 Å². The molecule has 2 aliphatic rings. The van der Waals surface area contributed by atoms with E-state index in [2.05, 4.69) is 26.0 Å². The molecule has 0 fully saturated rings. The highest BCUT2D eigenvalue weighted by Gasteiger charge is 2.29. The van der Waals surface area contributed by atoms with E-state index in [-0.39, 0.29) is 5.41 Å². The number of thioether (sulfide) groups is 1. The Kier molecular flexibility index (Phi) is 4.18. The van der Waals surface area contributed by atoms with Crippen LogP contribution < -0.4 is 0 Å². The first-order valence-corrected chi connectivity index (χ1v) is 7.47. The van der Waals surface area contributed by atoms with Crippen molar-refractivity contribution in [2.24, 2.45) is 5.41 Å². The second-order valence-electron chi connectivity index (χ2n) is 5.17. The topological polar surface area (TPSA) is 17.1 Å². The summed E-state index contributed by atoms with van der Waals surface area (Å²) in [4.78, 5) is 11.8. The number of carbonyl (C=O) groups excluding carboxylic acids is 1. The van der Waals surface area contributed by atoms with Gasteiger partial charge in [-0.15, -0.1) is 11.8 Å². The van der Waals surface area contributed by atoms with Gasteiger partial charge in [-0.05, 0) is 47.3 Å². The van der Waals surface area contributed by atoms with Crippen LogP contribution in [0.2, 0.25) is 0 Å². The highest BCUT2D eigenvalue weighted by Crippen LogP contribution is 2.46. The zero-order valence-corrected chi connectivity index (χ0v) is 12.3. The van der Waals surface area contributed by atoms with E-state index in [1.54, 1.807) is 0 Å². The molecule has 1 nitrogen and oxygen atoms in total. The third-order valence-corrected chi connectivity index (χ3v) is 4.98. The highest BCUT2D eigenvalue weighted by atomic mass is 35.5. The van der Waals surface area contributed by atoms with Crippen LogP contribution >= 0.6 is 23.4 Å². The fraction of sp³-hybridized carbons (Fsp3) is 0.400. The Hall–Kier alpha value is -0.730. The average Bonchev–Trinajstić information content (AvgIpc) is 2.52. The summed E-state index contributed by atoms with van der Waals surface area (Å²) >= 11 is 8.00. The maximum absolute atomic E-state index is 10.5. The monoisotopic (exact) mass is 280 g/mol. The summed E-state index contributed by atoms with van der Waals surface area (Å²) < 4.78 is 0. The van der Waals surface area contributed by atoms with Crippen LogP contribution in [0.3, 0.4) is 0 Å². The van der Waals surface area contributed by atoms with Gasteiger partial charge in [-0.25, -0.2) is 0 Å². The van der Waals surface area contributed by atoms with Gasteiger partial charge in [-0.2, -0.15) is 0 Å². The second-order valence-corrected chi connectivity index (χ2v) is 6.72. The molecule has 1 aliphatic heterocycles. The van der Waals surface area contributed by atoms with E-state index in [4.69, 9.17) is 11.6 Å². The molecule has 0 aromatic heterocycles. The summed E-state index contributed by atoms with van der Waals surface area (Å²) in [6.45, 7) is 4.61. The lowest BCUT2D eigenvalue weighted by Crippen LogP contribution is -2.20. The van der Waals surface area contributed by atoms with Crippen molar-refractivity contribution in [3.8, 4) is 0 Å². The van der Waals surface area contributed by atoms with Crippen molar-refractivity contribution in [3.05, 3.63) is 45.4 Å². The first kappa shape index (κ1) is 13.7. The largest absolute Gasteiger partial charge is 0.299 e. The van der Waals surface area contributed by atoms with Crippen molar-refractivity contribution in [1.29, 1.82) is 0 Å². The van der Waals surface area contributed by atoms with E-state index in [9.17, 15) is 4.79 Å². The second kappa shape index (κ2) is 5.50. The number of hydrogen-bond donors (Lipinski definition) is 0. The van der Waals surface area contributed by atoms with Gasteiger partial charge >= 0.3 is 0 Å². The molecule has 18 heavy (non-hydrogen) atoms. The summed E-state index contributed by atoms with van der Waals surface area (Å²) in [5.74, 6) is 1.17. The molecule has 0 spiro atoms. The van der Waals surface area contributed by atoms with Gasteiger partial charge in [0.05, 0.1) is 5.03 Å². The van der Waals surface area contributed by atoms with Crippen LogP contribution in [0, 0.1) is 5.41 Å². The molecular weight excluding hydrogens is 264 g/mol.